The zero-order valence-electron chi connectivity index (χ0n) is 8.92. The Hall–Kier alpha value is -2.43. The highest BCUT2D eigenvalue weighted by Crippen LogP contribution is 2.27. The summed E-state index contributed by atoms with van der Waals surface area (Å²) >= 11 is 0. The third-order valence-corrected chi connectivity index (χ3v) is 2.56. The average molecular weight is 226 g/mol. The number of aromatic nitrogens is 2. The molecule has 84 valence electrons. The van der Waals surface area contributed by atoms with Crippen LogP contribution >= 0.6 is 0 Å². The highest BCUT2D eigenvalue weighted by molar-refractivity contribution is 5.81. The van der Waals surface area contributed by atoms with Crippen LogP contribution < -0.4 is 10.6 Å². The first kappa shape index (κ1) is 9.77. The smallest absolute Gasteiger partial charge is 0.162 e. The van der Waals surface area contributed by atoms with Gasteiger partial charge in [-0.15, -0.1) is 0 Å². The summed E-state index contributed by atoms with van der Waals surface area (Å²) in [7, 11) is 0. The van der Waals surface area contributed by atoms with Crippen LogP contribution in [0.4, 0.5) is 11.5 Å². The van der Waals surface area contributed by atoms with Crippen molar-refractivity contribution in [2.24, 2.45) is 0 Å². The van der Waals surface area contributed by atoms with Crippen LogP contribution in [0, 0.1) is 0 Å². The number of hydrogen-bond donors (Lipinski definition) is 2. The Morgan fingerprint density at radius 3 is 2.76 bits per heavy atom. The standard InChI is InChI=1S/C12H10N4O/c17-7-10-14-9-6-13-11(16-12(9)15-10)8-4-2-1-3-5-8/h1-7,10,14H,(H,13,15,16). The van der Waals surface area contributed by atoms with Crippen molar-refractivity contribution in [1.29, 1.82) is 0 Å². The second-order valence-corrected chi connectivity index (χ2v) is 3.72. The van der Waals surface area contributed by atoms with Crippen LogP contribution in [-0.4, -0.2) is 22.4 Å². The lowest BCUT2D eigenvalue weighted by Gasteiger charge is -2.02. The number of benzene rings is 1. The van der Waals surface area contributed by atoms with Crippen molar-refractivity contribution in [3.8, 4) is 11.4 Å². The Morgan fingerprint density at radius 2 is 2.00 bits per heavy atom. The number of carbonyl (C=O) groups is 1. The molecule has 2 aromatic rings. The highest BCUT2D eigenvalue weighted by Gasteiger charge is 2.20. The predicted octanol–water partition coefficient (Wildman–Crippen LogP) is 1.51. The van der Waals surface area contributed by atoms with E-state index in [0.29, 0.717) is 11.6 Å². The van der Waals surface area contributed by atoms with E-state index in [1.165, 1.54) is 0 Å². The van der Waals surface area contributed by atoms with Gasteiger partial charge >= 0.3 is 0 Å². The number of carbonyl (C=O) groups excluding carboxylic acids is 1. The first-order chi connectivity index (χ1) is 8.36. The van der Waals surface area contributed by atoms with Crippen LogP contribution in [0.15, 0.2) is 36.5 Å². The van der Waals surface area contributed by atoms with E-state index in [1.54, 1.807) is 6.20 Å². The van der Waals surface area contributed by atoms with Gasteiger partial charge in [0.15, 0.2) is 24.1 Å². The van der Waals surface area contributed by atoms with Crippen LogP contribution in [-0.2, 0) is 4.79 Å². The fourth-order valence-corrected chi connectivity index (χ4v) is 1.74. The highest BCUT2D eigenvalue weighted by atomic mass is 16.1. The molecule has 0 aliphatic carbocycles. The van der Waals surface area contributed by atoms with Crippen LogP contribution in [0.2, 0.25) is 0 Å². The number of nitrogens with one attached hydrogen (secondary N) is 2. The van der Waals surface area contributed by atoms with Gasteiger partial charge in [-0.2, -0.15) is 0 Å². The van der Waals surface area contributed by atoms with Crippen LogP contribution in [0.3, 0.4) is 0 Å². The van der Waals surface area contributed by atoms with E-state index in [4.69, 9.17) is 0 Å². The van der Waals surface area contributed by atoms with Crippen molar-refractivity contribution in [3.05, 3.63) is 36.5 Å². The van der Waals surface area contributed by atoms with Gasteiger partial charge in [-0.25, -0.2) is 9.97 Å². The molecule has 2 N–H and O–H groups in total. The molecule has 0 spiro atoms. The number of hydrogen-bond acceptors (Lipinski definition) is 5. The van der Waals surface area contributed by atoms with Gasteiger partial charge in [0.1, 0.15) is 0 Å². The fraction of sp³-hybridized carbons (Fsp3) is 0.0833. The maximum Gasteiger partial charge on any atom is 0.162 e. The second kappa shape index (κ2) is 3.86. The fourth-order valence-electron chi connectivity index (χ4n) is 1.74. The van der Waals surface area contributed by atoms with E-state index in [9.17, 15) is 4.79 Å². The molecule has 0 saturated heterocycles. The summed E-state index contributed by atoms with van der Waals surface area (Å²) in [6.07, 6.45) is 2.07. The second-order valence-electron chi connectivity index (χ2n) is 3.72. The first-order valence-electron chi connectivity index (χ1n) is 5.27. The maximum atomic E-state index is 10.7. The molecule has 1 aromatic carbocycles. The molecular weight excluding hydrogens is 216 g/mol. The van der Waals surface area contributed by atoms with E-state index in [-0.39, 0.29) is 0 Å². The third kappa shape index (κ3) is 1.71. The van der Waals surface area contributed by atoms with Gasteiger partial charge in [-0.05, 0) is 0 Å². The number of nitrogens with zero attached hydrogens (tertiary/aromatic N) is 2. The lowest BCUT2D eigenvalue weighted by atomic mass is 10.2. The van der Waals surface area contributed by atoms with Crippen molar-refractivity contribution in [3.63, 3.8) is 0 Å². The normalized spacial score (nSPS) is 16.8. The summed E-state index contributed by atoms with van der Waals surface area (Å²) in [6, 6.07) is 9.71. The Morgan fingerprint density at radius 1 is 1.18 bits per heavy atom. The number of anilines is 2. The van der Waals surface area contributed by atoms with Gasteiger partial charge in [-0.1, -0.05) is 30.3 Å². The van der Waals surface area contributed by atoms with Gasteiger partial charge in [0.2, 0.25) is 0 Å². The molecule has 5 heteroatoms. The summed E-state index contributed by atoms with van der Waals surface area (Å²) in [4.78, 5) is 19.3. The molecule has 3 rings (SSSR count). The average Bonchev–Trinajstić information content (AvgIpc) is 2.81. The minimum atomic E-state index is -0.412. The summed E-state index contributed by atoms with van der Waals surface area (Å²) in [5, 5.41) is 5.92. The Kier molecular flexibility index (Phi) is 2.22. The lowest BCUT2D eigenvalue weighted by molar-refractivity contribution is -0.107. The molecule has 5 nitrogen and oxygen atoms in total. The van der Waals surface area contributed by atoms with Gasteiger partial charge in [-0.3, -0.25) is 4.79 Å². The molecule has 17 heavy (non-hydrogen) atoms. The van der Waals surface area contributed by atoms with Crippen molar-refractivity contribution < 1.29 is 4.79 Å². The molecule has 1 atom stereocenters. The van der Waals surface area contributed by atoms with E-state index >= 15 is 0 Å². The van der Waals surface area contributed by atoms with Gasteiger partial charge in [0.05, 0.1) is 11.9 Å². The monoisotopic (exact) mass is 226 g/mol. The molecule has 0 radical (unpaired) electrons. The van der Waals surface area contributed by atoms with Crippen LogP contribution in [0.1, 0.15) is 0 Å². The zero-order valence-corrected chi connectivity index (χ0v) is 8.92. The molecular formula is C12H10N4O. The molecule has 2 heterocycles. The molecule has 1 aliphatic rings. The summed E-state index contributed by atoms with van der Waals surface area (Å²) in [6.45, 7) is 0. The SMILES string of the molecule is O=CC1Nc2cnc(-c3ccccc3)nc2N1. The number of aldehydes is 1. The summed E-state index contributed by atoms with van der Waals surface area (Å²) in [5.74, 6) is 1.31. The van der Waals surface area contributed by atoms with Crippen molar-refractivity contribution >= 4 is 17.8 Å². The van der Waals surface area contributed by atoms with E-state index in [2.05, 4.69) is 20.6 Å². The molecule has 0 saturated carbocycles. The topological polar surface area (TPSA) is 66.9 Å². The largest absolute Gasteiger partial charge is 0.355 e. The first-order valence-corrected chi connectivity index (χ1v) is 5.27. The van der Waals surface area contributed by atoms with Crippen LogP contribution in [0.25, 0.3) is 11.4 Å². The Bertz CT molecular complexity index is 556. The maximum absolute atomic E-state index is 10.7. The third-order valence-electron chi connectivity index (χ3n) is 2.56. The molecule has 0 amide bonds. The zero-order chi connectivity index (χ0) is 11.7. The molecule has 1 unspecified atom stereocenters. The minimum absolute atomic E-state index is 0.412. The van der Waals surface area contributed by atoms with E-state index in [0.717, 1.165) is 17.5 Å². The van der Waals surface area contributed by atoms with Gasteiger partial charge in [0, 0.05) is 5.56 Å². The van der Waals surface area contributed by atoms with E-state index in [1.807, 2.05) is 30.3 Å². The van der Waals surface area contributed by atoms with Gasteiger partial charge < -0.3 is 10.6 Å². The van der Waals surface area contributed by atoms with E-state index < -0.39 is 6.17 Å². The van der Waals surface area contributed by atoms with Crippen molar-refractivity contribution in [2.45, 2.75) is 6.17 Å². The molecule has 0 bridgehead atoms. The van der Waals surface area contributed by atoms with Gasteiger partial charge in [0.25, 0.3) is 0 Å². The Balaban J connectivity index is 1.99. The molecule has 0 fully saturated rings. The molecule has 1 aromatic heterocycles. The summed E-state index contributed by atoms with van der Waals surface area (Å²) < 4.78 is 0. The molecule has 1 aliphatic heterocycles. The predicted molar refractivity (Wildman–Crippen MR) is 64.6 cm³/mol. The lowest BCUT2D eigenvalue weighted by Crippen LogP contribution is -2.23. The van der Waals surface area contributed by atoms with Crippen molar-refractivity contribution in [1.82, 2.24) is 9.97 Å². The number of rotatable bonds is 2. The van der Waals surface area contributed by atoms with Crippen LogP contribution in [0.5, 0.6) is 0 Å². The number of fused-ring (bicyclic) bond motifs is 1. The minimum Gasteiger partial charge on any atom is -0.355 e. The quantitative estimate of drug-likeness (QED) is 0.760. The van der Waals surface area contributed by atoms with Crippen molar-refractivity contribution in [2.75, 3.05) is 10.6 Å². The Labute approximate surface area is 97.9 Å². The summed E-state index contributed by atoms with van der Waals surface area (Å²) in [5.41, 5.74) is 1.70.